The Morgan fingerprint density at radius 2 is 1.83 bits per heavy atom. The first-order valence-corrected chi connectivity index (χ1v) is 8.59. The number of amides is 1. The van der Waals surface area contributed by atoms with Gasteiger partial charge in [-0.1, -0.05) is 54.1 Å². The lowest BCUT2D eigenvalue weighted by Crippen LogP contribution is -2.32. The lowest BCUT2D eigenvalue weighted by Gasteiger charge is -2.26. The molecule has 1 N–H and O–H groups in total. The highest BCUT2D eigenvalue weighted by molar-refractivity contribution is 5.82. The summed E-state index contributed by atoms with van der Waals surface area (Å²) in [5.74, 6) is -0.295. The number of carbonyl (C=O) groups is 1. The number of nitrogens with zero attached hydrogens (tertiary/aromatic N) is 1. The molecule has 1 unspecified atom stereocenters. The summed E-state index contributed by atoms with van der Waals surface area (Å²) in [4.78, 5) is 14.8. The van der Waals surface area contributed by atoms with Crippen LogP contribution in [-0.4, -0.2) is 22.5 Å². The average Bonchev–Trinajstić information content (AvgIpc) is 2.96. The Bertz CT molecular complexity index is 726. The monoisotopic (exact) mass is 323 g/mol. The highest BCUT2D eigenvalue weighted by Gasteiger charge is 2.39. The van der Waals surface area contributed by atoms with E-state index in [9.17, 15) is 9.90 Å². The topological polar surface area (TPSA) is 40.5 Å². The van der Waals surface area contributed by atoms with Crippen LogP contribution in [0.15, 0.2) is 48.5 Å². The lowest BCUT2D eigenvalue weighted by molar-refractivity contribution is -0.135. The van der Waals surface area contributed by atoms with E-state index in [0.717, 1.165) is 16.7 Å². The number of aliphatic hydroxyl groups excluding tert-OH is 1. The van der Waals surface area contributed by atoms with Crippen LogP contribution in [-0.2, 0) is 4.79 Å². The molecule has 1 amide bonds. The smallest absolute Gasteiger partial charge is 0.229 e. The predicted octanol–water partition coefficient (Wildman–Crippen LogP) is 3.95. The second-order valence-electron chi connectivity index (χ2n) is 6.82. The number of benzene rings is 2. The Hall–Kier alpha value is -2.13. The summed E-state index contributed by atoms with van der Waals surface area (Å²) >= 11 is 0. The Balaban J connectivity index is 1.78. The molecule has 3 atom stereocenters. The van der Waals surface area contributed by atoms with E-state index in [4.69, 9.17) is 0 Å². The van der Waals surface area contributed by atoms with Crippen molar-refractivity contribution in [2.45, 2.75) is 39.3 Å². The van der Waals surface area contributed by atoms with Gasteiger partial charge in [-0.25, -0.2) is 0 Å². The second kappa shape index (κ2) is 6.78. The van der Waals surface area contributed by atoms with Crippen LogP contribution in [0.3, 0.4) is 0 Å². The zero-order chi connectivity index (χ0) is 17.3. The highest BCUT2D eigenvalue weighted by atomic mass is 16.3. The number of hydrogen-bond acceptors (Lipinski definition) is 2. The molecule has 24 heavy (non-hydrogen) atoms. The van der Waals surface area contributed by atoms with E-state index in [1.54, 1.807) is 0 Å². The number of hydrogen-bond donors (Lipinski definition) is 1. The zero-order valence-corrected chi connectivity index (χ0v) is 14.6. The third kappa shape index (κ3) is 3.09. The Labute approximate surface area is 143 Å². The molecular formula is C21H25NO2. The van der Waals surface area contributed by atoms with Crippen LogP contribution in [0.5, 0.6) is 0 Å². The van der Waals surface area contributed by atoms with Gasteiger partial charge in [0.1, 0.15) is 0 Å². The van der Waals surface area contributed by atoms with Gasteiger partial charge >= 0.3 is 0 Å². The van der Waals surface area contributed by atoms with Crippen molar-refractivity contribution in [1.29, 1.82) is 0 Å². The lowest BCUT2D eigenvalue weighted by atomic mass is 9.91. The summed E-state index contributed by atoms with van der Waals surface area (Å²) in [5, 5.41) is 10.8. The Morgan fingerprint density at radius 3 is 2.50 bits per heavy atom. The summed E-state index contributed by atoms with van der Waals surface area (Å²) in [6.45, 7) is 6.78. The summed E-state index contributed by atoms with van der Waals surface area (Å²) in [7, 11) is 0. The predicted molar refractivity (Wildman–Crippen MR) is 95.6 cm³/mol. The second-order valence-corrected chi connectivity index (χ2v) is 6.82. The molecular weight excluding hydrogens is 298 g/mol. The maximum atomic E-state index is 12.9. The highest BCUT2D eigenvalue weighted by Crippen LogP contribution is 2.36. The van der Waals surface area contributed by atoms with Gasteiger partial charge in [0.25, 0.3) is 0 Å². The summed E-state index contributed by atoms with van der Waals surface area (Å²) in [5.41, 5.74) is 4.21. The van der Waals surface area contributed by atoms with E-state index in [-0.39, 0.29) is 17.9 Å². The number of aryl methyl sites for hydroxylation is 2. The molecule has 1 heterocycles. The van der Waals surface area contributed by atoms with Crippen molar-refractivity contribution in [3.63, 3.8) is 0 Å². The molecule has 0 aliphatic carbocycles. The Kier molecular flexibility index (Phi) is 4.72. The van der Waals surface area contributed by atoms with E-state index < -0.39 is 6.10 Å². The van der Waals surface area contributed by atoms with Gasteiger partial charge < -0.3 is 10.0 Å². The molecule has 0 bridgehead atoms. The van der Waals surface area contributed by atoms with E-state index >= 15 is 0 Å². The average molecular weight is 323 g/mol. The molecule has 2 aromatic carbocycles. The molecule has 3 nitrogen and oxygen atoms in total. The van der Waals surface area contributed by atoms with Gasteiger partial charge in [0.15, 0.2) is 0 Å². The standard InChI is InChI=1S/C21H25NO2/c1-14-9-10-18(15(2)13-14)20(23)19-11-12-22(21(19)24)16(3)17-7-5-4-6-8-17/h4-10,13,16,19-20,23H,11-12H2,1-3H3/t16-,19?,20+/m0/s1. The molecule has 3 heteroatoms. The minimum absolute atomic E-state index is 0.0371. The molecule has 3 rings (SSSR count). The van der Waals surface area contributed by atoms with Gasteiger partial charge in [-0.05, 0) is 43.9 Å². The molecule has 1 saturated heterocycles. The minimum atomic E-state index is -0.730. The van der Waals surface area contributed by atoms with Crippen molar-refractivity contribution in [2.24, 2.45) is 5.92 Å². The third-order valence-electron chi connectivity index (χ3n) is 5.16. The molecule has 2 aromatic rings. The quantitative estimate of drug-likeness (QED) is 0.925. The number of likely N-dealkylation sites (tertiary alicyclic amines) is 1. The summed E-state index contributed by atoms with van der Waals surface area (Å²) < 4.78 is 0. The first-order valence-electron chi connectivity index (χ1n) is 8.59. The van der Waals surface area contributed by atoms with Gasteiger partial charge in [-0.15, -0.1) is 0 Å². The van der Waals surface area contributed by atoms with Crippen LogP contribution in [0, 0.1) is 19.8 Å². The van der Waals surface area contributed by atoms with E-state index in [2.05, 4.69) is 13.0 Å². The van der Waals surface area contributed by atoms with Crippen molar-refractivity contribution in [1.82, 2.24) is 4.90 Å². The van der Waals surface area contributed by atoms with Crippen molar-refractivity contribution < 1.29 is 9.90 Å². The SMILES string of the molecule is Cc1ccc([C@@H](O)C2CCN([C@@H](C)c3ccccc3)C2=O)c(C)c1. The van der Waals surface area contributed by atoms with Gasteiger partial charge in [0.05, 0.1) is 18.1 Å². The zero-order valence-electron chi connectivity index (χ0n) is 14.6. The van der Waals surface area contributed by atoms with Crippen LogP contribution in [0.1, 0.15) is 47.7 Å². The summed E-state index contributed by atoms with van der Waals surface area (Å²) in [6.07, 6.45) is -0.0316. The van der Waals surface area contributed by atoms with Crippen molar-refractivity contribution in [2.75, 3.05) is 6.54 Å². The normalized spacial score (nSPS) is 20.2. The molecule has 126 valence electrons. The fourth-order valence-corrected chi connectivity index (χ4v) is 3.69. The molecule has 1 aliphatic rings. The first-order chi connectivity index (χ1) is 11.5. The molecule has 0 aromatic heterocycles. The first kappa shape index (κ1) is 16.7. The van der Waals surface area contributed by atoms with E-state index in [1.807, 2.05) is 61.2 Å². The molecule has 0 radical (unpaired) electrons. The molecule has 1 fully saturated rings. The fourth-order valence-electron chi connectivity index (χ4n) is 3.69. The summed E-state index contributed by atoms with van der Waals surface area (Å²) in [6, 6.07) is 16.1. The van der Waals surface area contributed by atoms with Crippen LogP contribution < -0.4 is 0 Å². The van der Waals surface area contributed by atoms with Crippen LogP contribution in [0.25, 0.3) is 0 Å². The fraction of sp³-hybridized carbons (Fsp3) is 0.381. The van der Waals surface area contributed by atoms with E-state index in [1.165, 1.54) is 5.56 Å². The molecule has 1 aliphatic heterocycles. The van der Waals surface area contributed by atoms with E-state index in [0.29, 0.717) is 13.0 Å². The van der Waals surface area contributed by atoms with Crippen LogP contribution >= 0.6 is 0 Å². The Morgan fingerprint density at radius 1 is 1.12 bits per heavy atom. The molecule has 0 saturated carbocycles. The number of aliphatic hydroxyl groups is 1. The maximum Gasteiger partial charge on any atom is 0.229 e. The van der Waals surface area contributed by atoms with Gasteiger partial charge in [0, 0.05) is 6.54 Å². The van der Waals surface area contributed by atoms with Gasteiger partial charge in [0.2, 0.25) is 5.91 Å². The number of carbonyl (C=O) groups excluding carboxylic acids is 1. The molecule has 0 spiro atoms. The van der Waals surface area contributed by atoms with Crippen LogP contribution in [0.2, 0.25) is 0 Å². The van der Waals surface area contributed by atoms with Gasteiger partial charge in [-0.3, -0.25) is 4.79 Å². The third-order valence-corrected chi connectivity index (χ3v) is 5.16. The van der Waals surface area contributed by atoms with Crippen LogP contribution in [0.4, 0.5) is 0 Å². The van der Waals surface area contributed by atoms with Crippen molar-refractivity contribution >= 4 is 5.91 Å². The largest absolute Gasteiger partial charge is 0.388 e. The van der Waals surface area contributed by atoms with Crippen molar-refractivity contribution in [3.8, 4) is 0 Å². The number of rotatable bonds is 4. The maximum absolute atomic E-state index is 12.9. The van der Waals surface area contributed by atoms with Gasteiger partial charge in [-0.2, -0.15) is 0 Å². The van der Waals surface area contributed by atoms with Crippen molar-refractivity contribution in [3.05, 3.63) is 70.8 Å². The minimum Gasteiger partial charge on any atom is -0.388 e.